The number of para-hydroxylation sites is 4. The van der Waals surface area contributed by atoms with Crippen LogP contribution in [0.3, 0.4) is 0 Å². The second kappa shape index (κ2) is 14.3. The van der Waals surface area contributed by atoms with Crippen LogP contribution in [-0.4, -0.2) is 0 Å². The molecule has 4 heteroatoms. The fraction of sp³-hybridized carbons (Fsp3) is 0.136. The van der Waals surface area contributed by atoms with Crippen LogP contribution in [0, 0.1) is 0 Å². The number of thiol groups is 1. The summed E-state index contributed by atoms with van der Waals surface area (Å²) in [5.41, 5.74) is 12.3. The molecule has 0 fully saturated rings. The lowest BCUT2D eigenvalue weighted by atomic mass is 9.92. The molecule has 48 heavy (non-hydrogen) atoms. The minimum Gasteiger partial charge on any atom is -0.464 e. The summed E-state index contributed by atoms with van der Waals surface area (Å²) >= 11 is 5.22. The molecule has 7 rings (SSSR count). The van der Waals surface area contributed by atoms with Crippen molar-refractivity contribution in [2.24, 2.45) is 0 Å². The Morgan fingerprint density at radius 3 is 1.38 bits per heavy atom. The van der Waals surface area contributed by atoms with Crippen LogP contribution < -0.4 is 9.80 Å². The van der Waals surface area contributed by atoms with Crippen LogP contribution in [0.1, 0.15) is 37.8 Å². The summed E-state index contributed by atoms with van der Waals surface area (Å²) in [4.78, 5) is 5.56. The summed E-state index contributed by atoms with van der Waals surface area (Å²) in [7, 11) is 0. The minimum absolute atomic E-state index is 0.886. The zero-order valence-electron chi connectivity index (χ0n) is 27.5. The fourth-order valence-electron chi connectivity index (χ4n) is 6.79. The smallest absolute Gasteiger partial charge is 0.136 e. The summed E-state index contributed by atoms with van der Waals surface area (Å²) in [5.74, 6) is 0. The van der Waals surface area contributed by atoms with Crippen molar-refractivity contribution in [2.75, 3.05) is 9.80 Å². The van der Waals surface area contributed by atoms with E-state index in [2.05, 4.69) is 169 Å². The molecule has 7 aromatic rings. The Hall–Kier alpha value is -5.19. The lowest BCUT2D eigenvalue weighted by Gasteiger charge is -2.27. The summed E-state index contributed by atoms with van der Waals surface area (Å²) in [6.45, 7) is 4.48. The van der Waals surface area contributed by atoms with Crippen LogP contribution in [0.25, 0.3) is 22.1 Å². The first-order chi connectivity index (χ1) is 23.7. The highest BCUT2D eigenvalue weighted by Crippen LogP contribution is 2.46. The Bertz CT molecular complexity index is 2030. The van der Waals surface area contributed by atoms with Crippen molar-refractivity contribution in [3.05, 3.63) is 163 Å². The Balaban J connectivity index is 1.40. The second-order valence-electron chi connectivity index (χ2n) is 12.1. The molecular weight excluding hydrogens is 605 g/mol. The summed E-state index contributed by atoms with van der Waals surface area (Å²) < 4.78 is 6.49. The van der Waals surface area contributed by atoms with Crippen molar-refractivity contribution < 1.29 is 4.42 Å². The van der Waals surface area contributed by atoms with E-state index in [4.69, 9.17) is 17.0 Å². The van der Waals surface area contributed by atoms with Gasteiger partial charge in [0, 0.05) is 55.9 Å². The Morgan fingerprint density at radius 2 is 0.917 bits per heavy atom. The zero-order valence-corrected chi connectivity index (χ0v) is 28.4. The lowest BCUT2D eigenvalue weighted by molar-refractivity contribution is 0.616. The number of fused-ring (bicyclic) bond motifs is 1. The first kappa shape index (κ1) is 31.4. The van der Waals surface area contributed by atoms with Crippen molar-refractivity contribution in [3.63, 3.8) is 0 Å². The van der Waals surface area contributed by atoms with Crippen LogP contribution in [0.5, 0.6) is 0 Å². The zero-order chi connectivity index (χ0) is 32.9. The van der Waals surface area contributed by atoms with E-state index in [0.29, 0.717) is 0 Å². The molecule has 0 spiro atoms. The third-order valence-electron chi connectivity index (χ3n) is 8.81. The number of benzene rings is 6. The second-order valence-corrected chi connectivity index (χ2v) is 12.6. The van der Waals surface area contributed by atoms with E-state index < -0.39 is 0 Å². The highest BCUT2D eigenvalue weighted by atomic mass is 32.1. The molecule has 1 heterocycles. The van der Waals surface area contributed by atoms with Gasteiger partial charge in [0.2, 0.25) is 0 Å². The molecule has 238 valence electrons. The van der Waals surface area contributed by atoms with Gasteiger partial charge in [0.1, 0.15) is 5.58 Å². The summed E-state index contributed by atoms with van der Waals surface area (Å²) in [6, 6.07) is 51.3. The Kier molecular flexibility index (Phi) is 9.35. The maximum absolute atomic E-state index is 6.49. The standard InChI is InChI=1S/C44H40N2OS/c1-3-17-32-27-38(45(34-19-9-5-10-20-34)35-21-11-6-12-22-35)29-41-43(32)40(31-47-41)44-33(18-4-2)28-39(30-42(44)48)46(36-23-13-7-14-24-36)37-25-15-8-16-26-37/h5-16,19-31,48H,3-4,17-18H2,1-2H3. The minimum atomic E-state index is 0.886. The highest BCUT2D eigenvalue weighted by molar-refractivity contribution is 7.80. The van der Waals surface area contributed by atoms with E-state index in [-0.39, 0.29) is 0 Å². The number of hydrogen-bond donors (Lipinski definition) is 1. The Morgan fingerprint density at radius 1 is 0.500 bits per heavy atom. The molecule has 0 aliphatic heterocycles. The average molecular weight is 645 g/mol. The van der Waals surface area contributed by atoms with Gasteiger partial charge in [-0.15, -0.1) is 12.6 Å². The summed E-state index contributed by atoms with van der Waals surface area (Å²) in [6.07, 6.45) is 5.86. The molecule has 0 amide bonds. The van der Waals surface area contributed by atoms with Crippen molar-refractivity contribution in [3.8, 4) is 11.1 Å². The van der Waals surface area contributed by atoms with E-state index >= 15 is 0 Å². The topological polar surface area (TPSA) is 19.6 Å². The van der Waals surface area contributed by atoms with Gasteiger partial charge in [-0.2, -0.15) is 0 Å². The molecule has 1 aromatic heterocycles. The van der Waals surface area contributed by atoms with Crippen molar-refractivity contribution in [1.29, 1.82) is 0 Å². The van der Waals surface area contributed by atoms with Gasteiger partial charge < -0.3 is 14.2 Å². The normalized spacial score (nSPS) is 11.1. The van der Waals surface area contributed by atoms with Crippen molar-refractivity contribution >= 4 is 57.7 Å². The quantitative estimate of drug-likeness (QED) is 0.141. The molecule has 3 nitrogen and oxygen atoms in total. The predicted octanol–water partition coefficient (Wildman–Crippen LogP) is 13.2. The van der Waals surface area contributed by atoms with Crippen LogP contribution >= 0.6 is 12.6 Å². The van der Waals surface area contributed by atoms with Crippen molar-refractivity contribution in [2.45, 2.75) is 44.4 Å². The number of anilines is 6. The average Bonchev–Trinajstić information content (AvgIpc) is 3.54. The molecule has 0 saturated heterocycles. The lowest BCUT2D eigenvalue weighted by Crippen LogP contribution is -2.11. The molecule has 0 unspecified atom stereocenters. The van der Waals surface area contributed by atoms with E-state index in [1.807, 2.05) is 6.26 Å². The molecule has 0 radical (unpaired) electrons. The van der Waals surface area contributed by atoms with Gasteiger partial charge in [0.15, 0.2) is 0 Å². The van der Waals surface area contributed by atoms with Gasteiger partial charge in [-0.05, 0) is 90.7 Å². The van der Waals surface area contributed by atoms with Crippen LogP contribution in [0.15, 0.2) is 161 Å². The number of aryl methyl sites for hydroxylation is 2. The number of rotatable bonds is 11. The SMILES string of the molecule is CCCc1cc(N(c2ccccc2)c2ccccc2)cc(S)c1-c1coc2cc(N(c3ccccc3)c3ccccc3)cc(CCC)c12. The number of nitrogens with zero attached hydrogens (tertiary/aromatic N) is 2. The van der Waals surface area contributed by atoms with Gasteiger partial charge in [-0.1, -0.05) is 99.5 Å². The largest absolute Gasteiger partial charge is 0.464 e. The molecule has 0 atom stereocenters. The first-order valence-electron chi connectivity index (χ1n) is 16.9. The van der Waals surface area contributed by atoms with Crippen LogP contribution in [0.2, 0.25) is 0 Å². The van der Waals surface area contributed by atoms with E-state index in [0.717, 1.165) is 81.4 Å². The van der Waals surface area contributed by atoms with E-state index in [1.54, 1.807) is 0 Å². The van der Waals surface area contributed by atoms with E-state index in [9.17, 15) is 0 Å². The maximum Gasteiger partial charge on any atom is 0.136 e. The van der Waals surface area contributed by atoms with Crippen LogP contribution in [-0.2, 0) is 12.8 Å². The molecular formula is C44H40N2OS. The van der Waals surface area contributed by atoms with Gasteiger partial charge in [0.05, 0.1) is 12.0 Å². The Labute approximate surface area is 289 Å². The maximum atomic E-state index is 6.49. The van der Waals surface area contributed by atoms with E-state index in [1.165, 1.54) is 16.5 Å². The molecule has 0 saturated carbocycles. The third kappa shape index (κ3) is 6.24. The molecule has 0 bridgehead atoms. The fourth-order valence-corrected chi connectivity index (χ4v) is 7.19. The van der Waals surface area contributed by atoms with Gasteiger partial charge in [-0.25, -0.2) is 0 Å². The van der Waals surface area contributed by atoms with Crippen LogP contribution in [0.4, 0.5) is 34.1 Å². The molecule has 0 aliphatic rings. The predicted molar refractivity (Wildman–Crippen MR) is 206 cm³/mol. The van der Waals surface area contributed by atoms with Gasteiger partial charge >= 0.3 is 0 Å². The molecule has 0 N–H and O–H groups in total. The third-order valence-corrected chi connectivity index (χ3v) is 9.16. The first-order valence-corrected chi connectivity index (χ1v) is 17.3. The van der Waals surface area contributed by atoms with Crippen molar-refractivity contribution in [1.82, 2.24) is 0 Å². The number of furan rings is 1. The summed E-state index contributed by atoms with van der Waals surface area (Å²) in [5, 5.41) is 1.17. The van der Waals surface area contributed by atoms with Gasteiger partial charge in [0.25, 0.3) is 0 Å². The number of hydrogen-bond acceptors (Lipinski definition) is 4. The molecule has 0 aliphatic carbocycles. The van der Waals surface area contributed by atoms with Gasteiger partial charge in [-0.3, -0.25) is 0 Å². The monoisotopic (exact) mass is 644 g/mol. The molecule has 6 aromatic carbocycles. The highest BCUT2D eigenvalue weighted by Gasteiger charge is 2.23.